The van der Waals surface area contributed by atoms with Gasteiger partial charge < -0.3 is 10.1 Å². The van der Waals surface area contributed by atoms with Gasteiger partial charge in [-0.2, -0.15) is 0 Å². The molecule has 0 bridgehead atoms. The van der Waals surface area contributed by atoms with Crippen LogP contribution in [0.5, 0.6) is 0 Å². The van der Waals surface area contributed by atoms with Gasteiger partial charge in [0, 0.05) is 10.7 Å². The Morgan fingerprint density at radius 1 is 0.970 bits per heavy atom. The molecule has 1 saturated carbocycles. The fourth-order valence-corrected chi connectivity index (χ4v) is 4.88. The van der Waals surface area contributed by atoms with Crippen LogP contribution in [0.1, 0.15) is 23.2 Å². The van der Waals surface area contributed by atoms with E-state index in [4.69, 9.17) is 39.5 Å². The summed E-state index contributed by atoms with van der Waals surface area (Å²) in [6.45, 7) is -0.518. The van der Waals surface area contributed by atoms with Crippen molar-refractivity contribution in [3.05, 3.63) is 59.1 Å². The summed E-state index contributed by atoms with van der Waals surface area (Å²) in [5.74, 6) is -3.07. The maximum Gasteiger partial charge on any atom is 0.338 e. The molecular formula is C23H19Cl3N2O5. The number of carbonyl (C=O) groups excluding carboxylic acids is 4. The average Bonchev–Trinajstić information content (AvgIpc) is 3.02. The predicted molar refractivity (Wildman–Crippen MR) is 125 cm³/mol. The molecule has 4 rings (SSSR count). The summed E-state index contributed by atoms with van der Waals surface area (Å²) in [4.78, 5) is 51.5. The number of fused-ring (bicyclic) bond motifs is 1. The number of rotatable bonds is 5. The van der Waals surface area contributed by atoms with Crippen LogP contribution in [0.3, 0.4) is 0 Å². The van der Waals surface area contributed by atoms with Crippen LogP contribution in [0.4, 0.5) is 11.4 Å². The third-order valence-corrected chi connectivity index (χ3v) is 7.02. The summed E-state index contributed by atoms with van der Waals surface area (Å²) in [5.41, 5.74) is 0.829. The monoisotopic (exact) mass is 508 g/mol. The molecule has 3 amide bonds. The molecule has 0 radical (unpaired) electrons. The smallest absolute Gasteiger partial charge is 0.338 e. The lowest BCUT2D eigenvalue weighted by atomic mass is 9.80. The minimum absolute atomic E-state index is 0.101. The van der Waals surface area contributed by atoms with Gasteiger partial charge in [-0.1, -0.05) is 23.7 Å². The van der Waals surface area contributed by atoms with E-state index in [1.54, 1.807) is 30.3 Å². The summed E-state index contributed by atoms with van der Waals surface area (Å²) in [7, 11) is 0. The van der Waals surface area contributed by atoms with E-state index in [0.29, 0.717) is 23.6 Å². The Kier molecular flexibility index (Phi) is 6.93. The highest BCUT2D eigenvalue weighted by molar-refractivity contribution is 6.31. The largest absolute Gasteiger partial charge is 0.452 e. The molecule has 1 aliphatic heterocycles. The van der Waals surface area contributed by atoms with E-state index in [0.717, 1.165) is 4.90 Å². The van der Waals surface area contributed by atoms with Crippen LogP contribution in [0.15, 0.2) is 48.5 Å². The molecule has 1 saturated heterocycles. The molecule has 2 aromatic carbocycles. The maximum atomic E-state index is 12.9. The predicted octanol–water partition coefficient (Wildman–Crippen LogP) is 4.25. The number of halogens is 3. The van der Waals surface area contributed by atoms with Gasteiger partial charge in [0.1, 0.15) is 0 Å². The normalized spacial score (nSPS) is 24.4. The average molecular weight is 510 g/mol. The number of amides is 3. The number of imide groups is 1. The van der Waals surface area contributed by atoms with Crippen molar-refractivity contribution in [2.24, 2.45) is 11.8 Å². The van der Waals surface area contributed by atoms with Crippen molar-refractivity contribution >= 4 is 69.9 Å². The van der Waals surface area contributed by atoms with Gasteiger partial charge >= 0.3 is 5.97 Å². The molecule has 2 fully saturated rings. The minimum Gasteiger partial charge on any atom is -0.452 e. The minimum atomic E-state index is -0.767. The van der Waals surface area contributed by atoms with Gasteiger partial charge in [-0.25, -0.2) is 4.79 Å². The number of ether oxygens (including phenoxy) is 1. The van der Waals surface area contributed by atoms with Crippen LogP contribution in [-0.2, 0) is 19.1 Å². The van der Waals surface area contributed by atoms with Crippen LogP contribution >= 0.6 is 34.8 Å². The summed E-state index contributed by atoms with van der Waals surface area (Å²) in [6, 6.07) is 12.5. The summed E-state index contributed by atoms with van der Waals surface area (Å²) < 4.78 is 5.08. The van der Waals surface area contributed by atoms with Crippen molar-refractivity contribution in [2.45, 2.75) is 23.6 Å². The Labute approximate surface area is 204 Å². The quantitative estimate of drug-likeness (QED) is 0.370. The molecular weight excluding hydrogens is 491 g/mol. The van der Waals surface area contributed by atoms with Gasteiger partial charge in [0.15, 0.2) is 6.61 Å². The molecule has 10 heteroatoms. The van der Waals surface area contributed by atoms with Crippen molar-refractivity contribution in [3.8, 4) is 0 Å². The van der Waals surface area contributed by atoms with Gasteiger partial charge in [0.25, 0.3) is 5.91 Å². The van der Waals surface area contributed by atoms with E-state index in [2.05, 4.69) is 5.32 Å². The Balaban J connectivity index is 1.42. The molecule has 0 aromatic heterocycles. The lowest BCUT2D eigenvalue weighted by Crippen LogP contribution is -2.34. The molecule has 1 heterocycles. The van der Waals surface area contributed by atoms with E-state index in [-0.39, 0.29) is 33.8 Å². The molecule has 33 heavy (non-hydrogen) atoms. The second-order valence-corrected chi connectivity index (χ2v) is 9.47. The Bertz CT molecular complexity index is 1100. The number of hydrogen-bond donors (Lipinski definition) is 1. The number of benzene rings is 2. The van der Waals surface area contributed by atoms with Crippen molar-refractivity contribution in [1.82, 2.24) is 0 Å². The molecule has 2 aromatic rings. The van der Waals surface area contributed by atoms with Gasteiger partial charge in [-0.15, -0.1) is 23.2 Å². The highest BCUT2D eigenvalue weighted by atomic mass is 35.5. The van der Waals surface area contributed by atoms with E-state index in [1.165, 1.54) is 18.2 Å². The van der Waals surface area contributed by atoms with Crippen molar-refractivity contribution in [2.75, 3.05) is 16.8 Å². The number of esters is 1. The first-order valence-corrected chi connectivity index (χ1v) is 11.5. The van der Waals surface area contributed by atoms with Crippen molar-refractivity contribution in [3.63, 3.8) is 0 Å². The zero-order valence-electron chi connectivity index (χ0n) is 17.2. The second kappa shape index (κ2) is 9.71. The van der Waals surface area contributed by atoms with Gasteiger partial charge in [0.05, 0.1) is 33.8 Å². The van der Waals surface area contributed by atoms with Crippen LogP contribution in [-0.4, -0.2) is 41.1 Å². The van der Waals surface area contributed by atoms with E-state index >= 15 is 0 Å². The lowest BCUT2D eigenvalue weighted by Gasteiger charge is -2.28. The van der Waals surface area contributed by atoms with Gasteiger partial charge in [-0.05, 0) is 49.2 Å². The molecule has 0 unspecified atom stereocenters. The molecule has 7 nitrogen and oxygen atoms in total. The van der Waals surface area contributed by atoms with Crippen LogP contribution in [0, 0.1) is 11.8 Å². The number of alkyl halides is 2. The molecule has 0 spiro atoms. The van der Waals surface area contributed by atoms with Crippen LogP contribution < -0.4 is 10.2 Å². The van der Waals surface area contributed by atoms with Gasteiger partial charge in [-0.3, -0.25) is 19.3 Å². The second-order valence-electron chi connectivity index (χ2n) is 7.91. The molecule has 1 aliphatic carbocycles. The van der Waals surface area contributed by atoms with Crippen molar-refractivity contribution < 1.29 is 23.9 Å². The van der Waals surface area contributed by atoms with Crippen LogP contribution in [0.25, 0.3) is 0 Å². The summed E-state index contributed by atoms with van der Waals surface area (Å²) in [5, 5.41) is 2.26. The lowest BCUT2D eigenvalue weighted by molar-refractivity contribution is -0.122. The molecule has 2 aliphatic rings. The number of nitrogens with one attached hydrogen (secondary N) is 1. The summed E-state index contributed by atoms with van der Waals surface area (Å²) in [6.07, 6.45) is 0.649. The third-order valence-electron chi connectivity index (χ3n) is 5.69. The molecule has 1 N–H and O–H groups in total. The Hall–Kier alpha value is -2.61. The fourth-order valence-electron chi connectivity index (χ4n) is 4.10. The number of nitrogens with zero attached hydrogens (tertiary/aromatic N) is 1. The summed E-state index contributed by atoms with van der Waals surface area (Å²) >= 11 is 18.3. The molecule has 4 atom stereocenters. The first-order chi connectivity index (χ1) is 15.7. The number of anilines is 2. The maximum absolute atomic E-state index is 12.9. The standard InChI is InChI=1S/C23H19Cl3N2O5/c24-13-4-2-5-14(8-13)27-20(29)11-33-23(32)12-3-1-6-15(7-12)28-21(30)16-9-18(25)19(26)10-17(16)22(28)31/h1-8,16-19H,9-11H2,(H,27,29)/t16-,17+,18-,19-/m0/s1. The zero-order chi connectivity index (χ0) is 23.7. The first kappa shape index (κ1) is 23.5. The fraction of sp³-hybridized carbons (Fsp3) is 0.304. The van der Waals surface area contributed by atoms with E-state index in [9.17, 15) is 19.2 Å². The highest BCUT2D eigenvalue weighted by Crippen LogP contribution is 2.43. The Morgan fingerprint density at radius 2 is 1.61 bits per heavy atom. The van der Waals surface area contributed by atoms with Crippen molar-refractivity contribution in [1.29, 1.82) is 0 Å². The van der Waals surface area contributed by atoms with Gasteiger partial charge in [0.2, 0.25) is 11.8 Å². The number of carbonyl (C=O) groups is 4. The number of hydrogen-bond acceptors (Lipinski definition) is 5. The van der Waals surface area contributed by atoms with Crippen LogP contribution in [0.2, 0.25) is 5.02 Å². The van der Waals surface area contributed by atoms with E-state index < -0.39 is 30.3 Å². The topological polar surface area (TPSA) is 92.8 Å². The van der Waals surface area contributed by atoms with E-state index in [1.807, 2.05) is 0 Å². The highest BCUT2D eigenvalue weighted by Gasteiger charge is 2.52. The third kappa shape index (κ3) is 5.00. The molecule has 172 valence electrons. The first-order valence-electron chi connectivity index (χ1n) is 10.2. The zero-order valence-corrected chi connectivity index (χ0v) is 19.4. The SMILES string of the molecule is O=C(COC(=O)c1cccc(N2C(=O)[C@H]3C[C@H](Cl)[C@@H](Cl)C[C@H]3C2=O)c1)Nc1cccc(Cl)c1. The Morgan fingerprint density at radius 3 is 2.24 bits per heavy atom.